The Kier molecular flexibility index (Phi) is 6.60. The highest BCUT2D eigenvalue weighted by molar-refractivity contribution is 5.78. The third-order valence-electron chi connectivity index (χ3n) is 2.67. The predicted octanol–water partition coefficient (Wildman–Crippen LogP) is 2.83. The summed E-state index contributed by atoms with van der Waals surface area (Å²) in [4.78, 5) is 11.5. The molecule has 0 saturated heterocycles. The highest BCUT2D eigenvalue weighted by atomic mass is 16.1. The maximum absolute atomic E-state index is 11.5. The Morgan fingerprint density at radius 1 is 1.14 bits per heavy atom. The lowest BCUT2D eigenvalue weighted by Gasteiger charge is -2.15. The van der Waals surface area contributed by atoms with Gasteiger partial charge in [-0.05, 0) is 24.7 Å². The summed E-state index contributed by atoms with van der Waals surface area (Å²) in [5.74, 6) is 1.49. The Balaban J connectivity index is 3.54. The Morgan fingerprint density at radius 3 is 2.14 bits per heavy atom. The van der Waals surface area contributed by atoms with Crippen molar-refractivity contribution in [1.82, 2.24) is 5.32 Å². The average Bonchev–Trinajstić information content (AvgIpc) is 2.10. The van der Waals surface area contributed by atoms with E-state index in [0.717, 1.165) is 18.9 Å². The molecule has 1 N–H and O–H groups in total. The van der Waals surface area contributed by atoms with Crippen LogP contribution in [-0.4, -0.2) is 12.5 Å². The van der Waals surface area contributed by atoms with Crippen LogP contribution in [0, 0.1) is 17.8 Å². The molecule has 0 fully saturated rings. The van der Waals surface area contributed by atoms with Crippen molar-refractivity contribution in [3.8, 4) is 0 Å². The predicted molar refractivity (Wildman–Crippen MR) is 61.1 cm³/mol. The van der Waals surface area contributed by atoms with Crippen molar-refractivity contribution in [2.75, 3.05) is 6.54 Å². The van der Waals surface area contributed by atoms with E-state index in [4.69, 9.17) is 0 Å². The zero-order valence-corrected chi connectivity index (χ0v) is 10.3. The van der Waals surface area contributed by atoms with Crippen LogP contribution in [0.15, 0.2) is 0 Å². The summed E-state index contributed by atoms with van der Waals surface area (Å²) in [6.45, 7) is 11.4. The van der Waals surface area contributed by atoms with E-state index < -0.39 is 0 Å². The quantitative estimate of drug-likeness (QED) is 0.655. The summed E-state index contributed by atoms with van der Waals surface area (Å²) < 4.78 is 0. The Bertz CT molecular complexity index is 164. The highest BCUT2D eigenvalue weighted by Crippen LogP contribution is 2.09. The van der Waals surface area contributed by atoms with Gasteiger partial charge in [0.25, 0.3) is 0 Å². The molecule has 0 bridgehead atoms. The molecule has 0 saturated carbocycles. The molecule has 0 radical (unpaired) electrons. The molecule has 0 aromatic heterocycles. The molecular weight excluding hydrogens is 174 g/mol. The molecule has 0 heterocycles. The summed E-state index contributed by atoms with van der Waals surface area (Å²) in [5, 5.41) is 2.98. The molecule has 2 nitrogen and oxygen atoms in total. The molecule has 1 amide bonds. The van der Waals surface area contributed by atoms with Crippen LogP contribution in [0.2, 0.25) is 0 Å². The Hall–Kier alpha value is -0.530. The number of carbonyl (C=O) groups is 1. The fourth-order valence-electron chi connectivity index (χ4n) is 1.19. The van der Waals surface area contributed by atoms with Crippen LogP contribution < -0.4 is 5.32 Å². The molecule has 0 aliphatic rings. The zero-order valence-electron chi connectivity index (χ0n) is 10.3. The lowest BCUT2D eigenvalue weighted by atomic mass is 9.97. The number of amides is 1. The number of hydrogen-bond donors (Lipinski definition) is 1. The second-order valence-electron chi connectivity index (χ2n) is 4.86. The molecule has 0 aliphatic heterocycles. The minimum Gasteiger partial charge on any atom is -0.356 e. The summed E-state index contributed by atoms with van der Waals surface area (Å²) in [5.41, 5.74) is 0. The van der Waals surface area contributed by atoms with Crippen molar-refractivity contribution in [3.05, 3.63) is 0 Å². The summed E-state index contributed by atoms with van der Waals surface area (Å²) in [6, 6.07) is 0. The standard InChI is InChI=1S/C12H25NO/c1-9(2)7-6-8-13-12(14)11(5)10(3)4/h9-11H,6-8H2,1-5H3,(H,13,14). The number of carbonyl (C=O) groups excluding carboxylic acids is 1. The molecule has 0 aromatic carbocycles. The first-order valence-electron chi connectivity index (χ1n) is 5.72. The van der Waals surface area contributed by atoms with Gasteiger partial charge in [-0.1, -0.05) is 34.6 Å². The van der Waals surface area contributed by atoms with Crippen molar-refractivity contribution in [2.45, 2.75) is 47.5 Å². The zero-order chi connectivity index (χ0) is 11.1. The third kappa shape index (κ3) is 6.01. The van der Waals surface area contributed by atoms with Gasteiger partial charge in [0.05, 0.1) is 0 Å². The Labute approximate surface area is 88.5 Å². The van der Waals surface area contributed by atoms with Crippen molar-refractivity contribution >= 4 is 5.91 Å². The smallest absolute Gasteiger partial charge is 0.223 e. The molecule has 0 aliphatic carbocycles. The van der Waals surface area contributed by atoms with Gasteiger partial charge in [0.1, 0.15) is 0 Å². The third-order valence-corrected chi connectivity index (χ3v) is 2.67. The first-order chi connectivity index (χ1) is 6.45. The fourth-order valence-corrected chi connectivity index (χ4v) is 1.19. The first-order valence-corrected chi connectivity index (χ1v) is 5.72. The second-order valence-corrected chi connectivity index (χ2v) is 4.86. The van der Waals surface area contributed by atoms with Crippen LogP contribution in [0.1, 0.15) is 47.5 Å². The molecule has 84 valence electrons. The normalized spacial score (nSPS) is 13.4. The van der Waals surface area contributed by atoms with Gasteiger partial charge >= 0.3 is 0 Å². The fraction of sp³-hybridized carbons (Fsp3) is 0.917. The molecule has 1 unspecified atom stereocenters. The van der Waals surface area contributed by atoms with Gasteiger partial charge < -0.3 is 5.32 Å². The van der Waals surface area contributed by atoms with E-state index in [1.54, 1.807) is 0 Å². The van der Waals surface area contributed by atoms with Gasteiger partial charge in [-0.15, -0.1) is 0 Å². The first kappa shape index (κ1) is 13.5. The average molecular weight is 199 g/mol. The minimum atomic E-state index is 0.133. The van der Waals surface area contributed by atoms with Crippen LogP contribution in [0.4, 0.5) is 0 Å². The lowest BCUT2D eigenvalue weighted by molar-refractivity contribution is -0.125. The second kappa shape index (κ2) is 6.86. The number of nitrogens with one attached hydrogen (secondary N) is 1. The van der Waals surface area contributed by atoms with Crippen LogP contribution >= 0.6 is 0 Å². The van der Waals surface area contributed by atoms with Gasteiger partial charge in [0, 0.05) is 12.5 Å². The summed E-state index contributed by atoms with van der Waals surface area (Å²) >= 11 is 0. The van der Waals surface area contributed by atoms with E-state index in [0.29, 0.717) is 5.92 Å². The minimum absolute atomic E-state index is 0.133. The van der Waals surface area contributed by atoms with E-state index in [1.807, 2.05) is 6.92 Å². The molecule has 14 heavy (non-hydrogen) atoms. The van der Waals surface area contributed by atoms with E-state index in [9.17, 15) is 4.79 Å². The van der Waals surface area contributed by atoms with Crippen molar-refractivity contribution < 1.29 is 4.79 Å². The molecule has 0 rings (SSSR count). The molecule has 0 spiro atoms. The van der Waals surface area contributed by atoms with E-state index in [-0.39, 0.29) is 11.8 Å². The Morgan fingerprint density at radius 2 is 1.71 bits per heavy atom. The molecular formula is C12H25NO. The summed E-state index contributed by atoms with van der Waals surface area (Å²) in [6.07, 6.45) is 2.28. The largest absolute Gasteiger partial charge is 0.356 e. The van der Waals surface area contributed by atoms with E-state index in [1.165, 1.54) is 6.42 Å². The van der Waals surface area contributed by atoms with Gasteiger partial charge in [-0.2, -0.15) is 0 Å². The van der Waals surface area contributed by atoms with Crippen molar-refractivity contribution in [2.24, 2.45) is 17.8 Å². The topological polar surface area (TPSA) is 29.1 Å². The van der Waals surface area contributed by atoms with Crippen LogP contribution in [0.25, 0.3) is 0 Å². The highest BCUT2D eigenvalue weighted by Gasteiger charge is 2.15. The van der Waals surface area contributed by atoms with Crippen molar-refractivity contribution in [3.63, 3.8) is 0 Å². The van der Waals surface area contributed by atoms with Crippen LogP contribution in [-0.2, 0) is 4.79 Å². The molecule has 0 aromatic rings. The SMILES string of the molecule is CC(C)CCCNC(=O)C(C)C(C)C. The number of hydrogen-bond acceptors (Lipinski definition) is 1. The number of rotatable bonds is 6. The van der Waals surface area contributed by atoms with Crippen LogP contribution in [0.5, 0.6) is 0 Å². The maximum Gasteiger partial charge on any atom is 0.223 e. The van der Waals surface area contributed by atoms with Crippen molar-refractivity contribution in [1.29, 1.82) is 0 Å². The van der Waals surface area contributed by atoms with Gasteiger partial charge in [0.15, 0.2) is 0 Å². The maximum atomic E-state index is 11.5. The van der Waals surface area contributed by atoms with E-state index >= 15 is 0 Å². The monoisotopic (exact) mass is 199 g/mol. The van der Waals surface area contributed by atoms with Gasteiger partial charge in [-0.25, -0.2) is 0 Å². The lowest BCUT2D eigenvalue weighted by Crippen LogP contribution is -2.32. The molecule has 1 atom stereocenters. The van der Waals surface area contributed by atoms with Gasteiger partial charge in [0.2, 0.25) is 5.91 Å². The van der Waals surface area contributed by atoms with Crippen LogP contribution in [0.3, 0.4) is 0 Å². The molecule has 2 heteroatoms. The summed E-state index contributed by atoms with van der Waals surface area (Å²) in [7, 11) is 0. The van der Waals surface area contributed by atoms with Gasteiger partial charge in [-0.3, -0.25) is 4.79 Å². The van der Waals surface area contributed by atoms with E-state index in [2.05, 4.69) is 33.0 Å².